The maximum Gasteiger partial charge on any atom is 0.278 e. The van der Waals surface area contributed by atoms with Gasteiger partial charge in [-0.1, -0.05) is 35.9 Å². The third-order valence-corrected chi connectivity index (χ3v) is 3.80. The summed E-state index contributed by atoms with van der Waals surface area (Å²) in [6.45, 7) is 0. The molecule has 1 heterocycles. The van der Waals surface area contributed by atoms with Crippen LogP contribution in [0.1, 0.15) is 5.56 Å². The van der Waals surface area contributed by atoms with Crippen LogP contribution >= 0.6 is 23.8 Å². The summed E-state index contributed by atoms with van der Waals surface area (Å²) in [5.74, 6) is 0.417. The number of rotatable bonds is 4. The molecule has 0 amide bonds. The van der Waals surface area contributed by atoms with Gasteiger partial charge in [-0.05, 0) is 30.4 Å². The Kier molecular flexibility index (Phi) is 4.50. The molecular formula is C15H10ClN5O2S. The summed E-state index contributed by atoms with van der Waals surface area (Å²) in [6.07, 6.45) is 1.36. The minimum atomic E-state index is -0.467. The minimum absolute atomic E-state index is 0.0458. The Bertz CT molecular complexity index is 995. The first kappa shape index (κ1) is 16.0. The Morgan fingerprint density at radius 2 is 1.96 bits per heavy atom. The van der Waals surface area contributed by atoms with Gasteiger partial charge in [0.25, 0.3) is 5.69 Å². The predicted octanol–water partition coefficient (Wildman–Crippen LogP) is 4.05. The molecule has 0 aliphatic heterocycles. The van der Waals surface area contributed by atoms with Crippen LogP contribution in [0.15, 0.2) is 53.6 Å². The van der Waals surface area contributed by atoms with Crippen molar-refractivity contribution in [2.45, 2.75) is 0 Å². The Morgan fingerprint density at radius 1 is 1.25 bits per heavy atom. The molecular weight excluding hydrogens is 350 g/mol. The Hall–Kier alpha value is -2.84. The maximum absolute atomic E-state index is 11.1. The molecule has 120 valence electrons. The number of nitro groups is 1. The molecule has 0 spiro atoms. The van der Waals surface area contributed by atoms with Crippen LogP contribution in [0.4, 0.5) is 5.69 Å². The van der Waals surface area contributed by atoms with E-state index in [2.05, 4.69) is 15.3 Å². The number of para-hydroxylation sites is 1. The number of halogens is 1. The van der Waals surface area contributed by atoms with E-state index in [0.29, 0.717) is 22.0 Å². The first-order valence-electron chi connectivity index (χ1n) is 6.78. The second kappa shape index (κ2) is 6.73. The van der Waals surface area contributed by atoms with Crippen molar-refractivity contribution in [3.8, 4) is 11.4 Å². The third kappa shape index (κ3) is 3.10. The molecule has 0 radical (unpaired) electrons. The molecule has 3 aromatic rings. The van der Waals surface area contributed by atoms with Crippen molar-refractivity contribution < 1.29 is 4.92 Å². The number of aromatic nitrogens is 3. The summed E-state index contributed by atoms with van der Waals surface area (Å²) in [4.78, 5) is 10.6. The number of nitrogens with zero attached hydrogens (tertiary/aromatic N) is 4. The van der Waals surface area contributed by atoms with Crippen molar-refractivity contribution in [3.63, 3.8) is 0 Å². The molecule has 0 aliphatic rings. The minimum Gasteiger partial charge on any atom is -0.258 e. The van der Waals surface area contributed by atoms with E-state index >= 15 is 0 Å². The molecule has 0 aliphatic carbocycles. The Balaban J connectivity index is 2.07. The van der Waals surface area contributed by atoms with Crippen molar-refractivity contribution >= 4 is 35.7 Å². The average Bonchev–Trinajstić information content (AvgIpc) is 2.94. The monoisotopic (exact) mass is 359 g/mol. The molecule has 0 saturated carbocycles. The number of hydrogen-bond donors (Lipinski definition) is 1. The fourth-order valence-electron chi connectivity index (χ4n) is 2.10. The highest BCUT2D eigenvalue weighted by molar-refractivity contribution is 7.71. The van der Waals surface area contributed by atoms with Gasteiger partial charge in [0.05, 0.1) is 21.7 Å². The highest BCUT2D eigenvalue weighted by Gasteiger charge is 2.13. The van der Waals surface area contributed by atoms with Crippen molar-refractivity contribution in [2.75, 3.05) is 0 Å². The number of aromatic amines is 1. The van der Waals surface area contributed by atoms with Crippen LogP contribution in [0, 0.1) is 14.9 Å². The highest BCUT2D eigenvalue weighted by atomic mass is 35.5. The lowest BCUT2D eigenvalue weighted by Crippen LogP contribution is -1.98. The molecule has 0 atom stereocenters. The van der Waals surface area contributed by atoms with Crippen molar-refractivity contribution in [1.82, 2.24) is 14.9 Å². The first-order valence-corrected chi connectivity index (χ1v) is 7.56. The van der Waals surface area contributed by atoms with Crippen molar-refractivity contribution in [3.05, 3.63) is 74.0 Å². The fourth-order valence-corrected chi connectivity index (χ4v) is 2.50. The molecule has 0 bridgehead atoms. The van der Waals surface area contributed by atoms with Crippen LogP contribution in [-0.2, 0) is 0 Å². The van der Waals surface area contributed by atoms with Crippen LogP contribution in [0.2, 0.25) is 5.02 Å². The van der Waals surface area contributed by atoms with Gasteiger partial charge in [0.1, 0.15) is 0 Å². The number of benzene rings is 2. The zero-order valence-electron chi connectivity index (χ0n) is 12.1. The van der Waals surface area contributed by atoms with Gasteiger partial charge in [-0.25, -0.2) is 5.10 Å². The lowest BCUT2D eigenvalue weighted by molar-refractivity contribution is -0.385. The van der Waals surface area contributed by atoms with Gasteiger partial charge in [0.2, 0.25) is 4.77 Å². The number of H-pyrrole nitrogens is 1. The van der Waals surface area contributed by atoms with Gasteiger partial charge >= 0.3 is 0 Å². The lowest BCUT2D eigenvalue weighted by atomic mass is 10.2. The third-order valence-electron chi connectivity index (χ3n) is 3.21. The summed E-state index contributed by atoms with van der Waals surface area (Å²) in [7, 11) is 0. The predicted molar refractivity (Wildman–Crippen MR) is 93.9 cm³/mol. The van der Waals surface area contributed by atoms with Crippen LogP contribution < -0.4 is 0 Å². The molecule has 0 fully saturated rings. The summed E-state index contributed by atoms with van der Waals surface area (Å²) in [5, 5.41) is 22.6. The quantitative estimate of drug-likeness (QED) is 0.329. The first-order chi connectivity index (χ1) is 11.6. The molecule has 1 aromatic heterocycles. The van der Waals surface area contributed by atoms with Gasteiger partial charge in [-0.3, -0.25) is 10.1 Å². The zero-order valence-corrected chi connectivity index (χ0v) is 13.7. The topological polar surface area (TPSA) is 89.1 Å². The van der Waals surface area contributed by atoms with Crippen LogP contribution in [0.3, 0.4) is 0 Å². The number of nitrogens with one attached hydrogen (secondary N) is 1. The highest BCUT2D eigenvalue weighted by Crippen LogP contribution is 2.26. The molecule has 24 heavy (non-hydrogen) atoms. The van der Waals surface area contributed by atoms with E-state index in [1.165, 1.54) is 17.0 Å². The number of hydrogen-bond acceptors (Lipinski definition) is 5. The van der Waals surface area contributed by atoms with E-state index in [-0.39, 0.29) is 10.5 Å². The van der Waals surface area contributed by atoms with Gasteiger partial charge in [-0.15, -0.1) is 0 Å². The summed E-state index contributed by atoms with van der Waals surface area (Å²) in [5.41, 5.74) is 0.956. The summed E-state index contributed by atoms with van der Waals surface area (Å²) in [6, 6.07) is 13.4. The molecule has 7 nitrogen and oxygen atoms in total. The standard InChI is InChI=1S/C15H10ClN5O2S/c16-12-7-3-2-6-11(12)14-18-19-15(24)20(14)17-9-10-5-1-4-8-13(10)21(22)23/h1-9H,(H,19,24)/b17-9+. The van der Waals surface area contributed by atoms with E-state index in [4.69, 9.17) is 23.8 Å². The Labute approximate surface area is 146 Å². The van der Waals surface area contributed by atoms with Crippen LogP contribution in [-0.4, -0.2) is 26.0 Å². The van der Waals surface area contributed by atoms with Crippen LogP contribution in [0.25, 0.3) is 11.4 Å². The fraction of sp³-hybridized carbons (Fsp3) is 0. The maximum atomic E-state index is 11.1. The van der Waals surface area contributed by atoms with Crippen molar-refractivity contribution in [2.24, 2.45) is 5.10 Å². The summed E-state index contributed by atoms with van der Waals surface area (Å²) < 4.78 is 1.62. The van der Waals surface area contributed by atoms with E-state index in [1.807, 2.05) is 6.07 Å². The normalized spacial score (nSPS) is 11.0. The average molecular weight is 360 g/mol. The van der Waals surface area contributed by atoms with Gasteiger partial charge in [0, 0.05) is 11.6 Å². The zero-order chi connectivity index (χ0) is 17.1. The molecule has 9 heteroatoms. The Morgan fingerprint density at radius 3 is 2.71 bits per heavy atom. The van der Waals surface area contributed by atoms with E-state index in [0.717, 1.165) is 0 Å². The molecule has 0 unspecified atom stereocenters. The van der Waals surface area contributed by atoms with E-state index in [1.54, 1.807) is 36.4 Å². The lowest BCUT2D eigenvalue weighted by Gasteiger charge is -2.03. The smallest absolute Gasteiger partial charge is 0.258 e. The SMILES string of the molecule is O=[N+]([O-])c1ccccc1/C=N/n1c(-c2ccccc2Cl)n[nH]c1=S. The second-order valence-electron chi connectivity index (χ2n) is 4.70. The van der Waals surface area contributed by atoms with E-state index < -0.39 is 4.92 Å². The molecule has 0 saturated heterocycles. The second-order valence-corrected chi connectivity index (χ2v) is 5.50. The van der Waals surface area contributed by atoms with E-state index in [9.17, 15) is 10.1 Å². The summed E-state index contributed by atoms with van der Waals surface area (Å²) >= 11 is 11.4. The largest absolute Gasteiger partial charge is 0.278 e. The van der Waals surface area contributed by atoms with Gasteiger partial charge < -0.3 is 0 Å². The van der Waals surface area contributed by atoms with Gasteiger partial charge in [0.15, 0.2) is 5.82 Å². The van der Waals surface area contributed by atoms with Crippen molar-refractivity contribution in [1.29, 1.82) is 0 Å². The van der Waals surface area contributed by atoms with Gasteiger partial charge in [-0.2, -0.15) is 14.9 Å². The van der Waals surface area contributed by atoms with Crippen LogP contribution in [0.5, 0.6) is 0 Å². The number of nitro benzene ring substituents is 1. The molecule has 3 rings (SSSR count). The molecule has 2 aromatic carbocycles. The molecule has 1 N–H and O–H groups in total.